The van der Waals surface area contributed by atoms with Crippen LogP contribution in [0.5, 0.6) is 0 Å². The molecule has 0 bridgehead atoms. The quantitative estimate of drug-likeness (QED) is 0.754. The van der Waals surface area contributed by atoms with Crippen LogP contribution in [0, 0.1) is 11.8 Å². The van der Waals surface area contributed by atoms with E-state index in [4.69, 9.17) is 9.47 Å². The molecule has 98 valence electrons. The SMILES string of the molecule is COC(=O)[C@H]1Cc2sc(=O)sc2C[C@@H]1C(=O)OC. The third-order valence-corrected chi connectivity index (χ3v) is 5.31. The van der Waals surface area contributed by atoms with Gasteiger partial charge in [0.2, 0.25) is 0 Å². The third-order valence-electron chi connectivity index (χ3n) is 3.03. The summed E-state index contributed by atoms with van der Waals surface area (Å²) in [5, 5.41) is 0. The Bertz CT molecular complexity index is 485. The predicted molar refractivity (Wildman–Crippen MR) is 66.9 cm³/mol. The molecule has 1 aliphatic carbocycles. The van der Waals surface area contributed by atoms with Crippen LogP contribution in [0.25, 0.3) is 0 Å². The minimum absolute atomic E-state index is 0.00543. The highest BCUT2D eigenvalue weighted by Gasteiger charge is 2.40. The molecule has 18 heavy (non-hydrogen) atoms. The van der Waals surface area contributed by atoms with Crippen LogP contribution >= 0.6 is 22.7 Å². The summed E-state index contributed by atoms with van der Waals surface area (Å²) < 4.78 is 9.43. The molecule has 1 heterocycles. The lowest BCUT2D eigenvalue weighted by Gasteiger charge is -2.26. The summed E-state index contributed by atoms with van der Waals surface area (Å²) in [4.78, 5) is 36.6. The van der Waals surface area contributed by atoms with Crippen LogP contribution in [0.1, 0.15) is 9.75 Å². The third kappa shape index (κ3) is 2.32. The molecular weight excluding hydrogens is 276 g/mol. The maximum absolute atomic E-state index is 11.7. The number of rotatable bonds is 2. The van der Waals surface area contributed by atoms with E-state index in [1.165, 1.54) is 14.2 Å². The highest BCUT2D eigenvalue weighted by atomic mass is 32.2. The maximum atomic E-state index is 11.7. The Kier molecular flexibility index (Phi) is 3.82. The number of hydrogen-bond acceptors (Lipinski definition) is 7. The molecule has 7 heteroatoms. The zero-order chi connectivity index (χ0) is 13.3. The largest absolute Gasteiger partial charge is 0.469 e. The van der Waals surface area contributed by atoms with E-state index in [1.54, 1.807) is 0 Å². The topological polar surface area (TPSA) is 69.7 Å². The number of carbonyl (C=O) groups excluding carboxylic acids is 2. The van der Waals surface area contributed by atoms with Crippen LogP contribution in [0.4, 0.5) is 0 Å². The lowest BCUT2D eigenvalue weighted by atomic mass is 9.81. The molecule has 0 unspecified atom stereocenters. The van der Waals surface area contributed by atoms with Gasteiger partial charge >= 0.3 is 11.9 Å². The fourth-order valence-corrected chi connectivity index (χ4v) is 4.47. The number of esters is 2. The van der Waals surface area contributed by atoms with Crippen molar-refractivity contribution in [3.05, 3.63) is 18.6 Å². The Hall–Kier alpha value is -1.21. The van der Waals surface area contributed by atoms with E-state index in [0.29, 0.717) is 12.8 Å². The highest BCUT2D eigenvalue weighted by molar-refractivity contribution is 7.27. The van der Waals surface area contributed by atoms with Crippen LogP contribution in [-0.4, -0.2) is 26.2 Å². The average Bonchev–Trinajstić information content (AvgIpc) is 2.74. The van der Waals surface area contributed by atoms with E-state index in [0.717, 1.165) is 32.4 Å². The minimum Gasteiger partial charge on any atom is -0.469 e. The number of ether oxygens (including phenoxy) is 2. The molecule has 1 aromatic rings. The maximum Gasteiger partial charge on any atom is 0.309 e. The lowest BCUT2D eigenvalue weighted by Crippen LogP contribution is -2.37. The van der Waals surface area contributed by atoms with Crippen molar-refractivity contribution in [2.24, 2.45) is 11.8 Å². The van der Waals surface area contributed by atoms with Gasteiger partial charge in [-0.1, -0.05) is 22.7 Å². The van der Waals surface area contributed by atoms with Crippen molar-refractivity contribution in [3.8, 4) is 0 Å². The van der Waals surface area contributed by atoms with Crippen LogP contribution in [0.2, 0.25) is 0 Å². The summed E-state index contributed by atoms with van der Waals surface area (Å²) >= 11 is 2.29. The average molecular weight is 288 g/mol. The molecule has 0 amide bonds. The summed E-state index contributed by atoms with van der Waals surface area (Å²) in [6.45, 7) is 0. The van der Waals surface area contributed by atoms with E-state index >= 15 is 0 Å². The molecule has 0 radical (unpaired) electrons. The van der Waals surface area contributed by atoms with Gasteiger partial charge in [-0.2, -0.15) is 0 Å². The minimum atomic E-state index is -0.555. The molecule has 0 aromatic carbocycles. The van der Waals surface area contributed by atoms with Gasteiger partial charge in [0.25, 0.3) is 4.06 Å². The number of carbonyl (C=O) groups is 2. The monoisotopic (exact) mass is 288 g/mol. The van der Waals surface area contributed by atoms with Gasteiger partial charge in [-0.15, -0.1) is 0 Å². The number of hydrogen-bond donors (Lipinski definition) is 0. The summed E-state index contributed by atoms with van der Waals surface area (Å²) in [6.07, 6.45) is 0.760. The van der Waals surface area contributed by atoms with E-state index in [9.17, 15) is 14.4 Å². The van der Waals surface area contributed by atoms with Gasteiger partial charge in [0.05, 0.1) is 26.1 Å². The molecular formula is C11H12O5S2. The van der Waals surface area contributed by atoms with Crippen molar-refractivity contribution in [2.45, 2.75) is 12.8 Å². The fraction of sp³-hybridized carbons (Fsp3) is 0.545. The first kappa shape index (κ1) is 13.2. The first-order valence-corrected chi connectivity index (χ1v) is 6.97. The molecule has 1 aromatic heterocycles. The van der Waals surface area contributed by atoms with Gasteiger partial charge in [-0.05, 0) is 12.8 Å². The molecule has 0 N–H and O–H groups in total. The Morgan fingerprint density at radius 1 is 1.00 bits per heavy atom. The summed E-state index contributed by atoms with van der Waals surface area (Å²) in [5.74, 6) is -1.97. The summed E-state index contributed by atoms with van der Waals surface area (Å²) in [7, 11) is 2.59. The van der Waals surface area contributed by atoms with E-state index in [-0.39, 0.29) is 4.06 Å². The van der Waals surface area contributed by atoms with Crippen LogP contribution < -0.4 is 4.06 Å². The first-order chi connectivity index (χ1) is 8.56. The normalized spacial score (nSPS) is 22.1. The van der Waals surface area contributed by atoms with Crippen molar-refractivity contribution in [1.82, 2.24) is 0 Å². The Balaban J connectivity index is 2.35. The van der Waals surface area contributed by atoms with Crippen molar-refractivity contribution in [3.63, 3.8) is 0 Å². The van der Waals surface area contributed by atoms with Crippen LogP contribution in [0.15, 0.2) is 4.79 Å². The van der Waals surface area contributed by atoms with Gasteiger partial charge in [-0.3, -0.25) is 14.4 Å². The van der Waals surface area contributed by atoms with Crippen molar-refractivity contribution in [2.75, 3.05) is 14.2 Å². The smallest absolute Gasteiger partial charge is 0.309 e. The molecule has 2 rings (SSSR count). The van der Waals surface area contributed by atoms with Gasteiger partial charge in [0, 0.05) is 9.75 Å². The molecule has 0 spiro atoms. The summed E-state index contributed by atoms with van der Waals surface area (Å²) in [6, 6.07) is 0. The predicted octanol–water partition coefficient (Wildman–Crippen LogP) is 0.847. The number of methoxy groups -OCH3 is 2. The molecule has 0 saturated carbocycles. The number of fused-ring (bicyclic) bond motifs is 1. The second kappa shape index (κ2) is 5.19. The summed E-state index contributed by atoms with van der Waals surface area (Å²) in [5.41, 5.74) is 0. The molecule has 5 nitrogen and oxygen atoms in total. The van der Waals surface area contributed by atoms with Gasteiger partial charge in [0.15, 0.2) is 0 Å². The van der Waals surface area contributed by atoms with Gasteiger partial charge < -0.3 is 9.47 Å². The van der Waals surface area contributed by atoms with Gasteiger partial charge in [0.1, 0.15) is 0 Å². The Morgan fingerprint density at radius 2 is 1.39 bits per heavy atom. The van der Waals surface area contributed by atoms with Crippen LogP contribution in [-0.2, 0) is 31.9 Å². The first-order valence-electron chi connectivity index (χ1n) is 5.34. The zero-order valence-corrected chi connectivity index (χ0v) is 11.6. The fourth-order valence-electron chi connectivity index (χ4n) is 2.13. The second-order valence-electron chi connectivity index (χ2n) is 3.97. The van der Waals surface area contributed by atoms with Crippen molar-refractivity contribution >= 4 is 34.6 Å². The zero-order valence-electron chi connectivity index (χ0n) is 9.93. The molecule has 0 saturated heterocycles. The van der Waals surface area contributed by atoms with E-state index in [1.807, 2.05) is 0 Å². The Labute approximate surface area is 111 Å². The highest BCUT2D eigenvalue weighted by Crippen LogP contribution is 2.35. The standard InChI is InChI=1S/C11H12O5S2/c1-15-9(12)5-3-7-8(18-11(14)17-7)4-6(5)10(13)16-2/h5-6H,3-4H2,1-2H3/t5-,6-/m0/s1. The van der Waals surface area contributed by atoms with Crippen molar-refractivity contribution in [1.29, 1.82) is 0 Å². The van der Waals surface area contributed by atoms with Gasteiger partial charge in [-0.25, -0.2) is 0 Å². The second-order valence-corrected chi connectivity index (χ2v) is 6.36. The van der Waals surface area contributed by atoms with E-state index in [2.05, 4.69) is 0 Å². The van der Waals surface area contributed by atoms with E-state index < -0.39 is 23.8 Å². The van der Waals surface area contributed by atoms with Crippen molar-refractivity contribution < 1.29 is 19.1 Å². The molecule has 2 atom stereocenters. The lowest BCUT2D eigenvalue weighted by molar-refractivity contribution is -0.157. The molecule has 0 fully saturated rings. The van der Waals surface area contributed by atoms with Crippen LogP contribution in [0.3, 0.4) is 0 Å². The Morgan fingerprint density at radius 3 is 1.72 bits per heavy atom. The molecule has 1 aliphatic rings. The molecule has 0 aliphatic heterocycles.